The zero-order valence-electron chi connectivity index (χ0n) is 17.1. The normalized spacial score (nSPS) is 16.0. The molecule has 0 aromatic carbocycles. The number of carboxylic acids is 1. The van der Waals surface area contributed by atoms with E-state index in [0.29, 0.717) is 0 Å². The molecule has 0 heterocycles. The van der Waals surface area contributed by atoms with Gasteiger partial charge in [0.1, 0.15) is 18.1 Å². The summed E-state index contributed by atoms with van der Waals surface area (Å²) in [5.41, 5.74) is 10.7. The number of nitrogens with one attached hydrogen (secondary N) is 3. The molecule has 5 atom stereocenters. The molecular formula is C17H31N5O7S. The predicted molar refractivity (Wildman–Crippen MR) is 110 cm³/mol. The summed E-state index contributed by atoms with van der Waals surface area (Å²) in [5, 5.41) is 25.9. The maximum atomic E-state index is 12.6. The van der Waals surface area contributed by atoms with Crippen LogP contribution in [0.4, 0.5) is 0 Å². The van der Waals surface area contributed by atoms with E-state index in [2.05, 4.69) is 28.6 Å². The Labute approximate surface area is 179 Å². The van der Waals surface area contributed by atoms with Gasteiger partial charge in [0.2, 0.25) is 23.6 Å². The largest absolute Gasteiger partial charge is 0.480 e. The van der Waals surface area contributed by atoms with Gasteiger partial charge >= 0.3 is 5.97 Å². The van der Waals surface area contributed by atoms with E-state index < -0.39 is 65.8 Å². The molecule has 0 saturated carbocycles. The Morgan fingerprint density at radius 2 is 1.43 bits per heavy atom. The second kappa shape index (κ2) is 13.0. The highest BCUT2D eigenvalue weighted by atomic mass is 32.1. The number of carbonyl (C=O) groups excluding carboxylic acids is 4. The topological polar surface area (TPSA) is 214 Å². The molecule has 5 unspecified atom stereocenters. The maximum Gasteiger partial charge on any atom is 0.327 e. The lowest BCUT2D eigenvalue weighted by molar-refractivity contribution is -0.142. The van der Waals surface area contributed by atoms with Crippen LogP contribution in [0.15, 0.2) is 0 Å². The lowest BCUT2D eigenvalue weighted by Gasteiger charge is -2.27. The van der Waals surface area contributed by atoms with Crippen molar-refractivity contribution in [3.63, 3.8) is 0 Å². The van der Waals surface area contributed by atoms with Crippen molar-refractivity contribution in [3.8, 4) is 0 Å². The molecule has 30 heavy (non-hydrogen) atoms. The lowest BCUT2D eigenvalue weighted by atomic mass is 10.0. The summed E-state index contributed by atoms with van der Waals surface area (Å²) >= 11 is 3.86. The second-order valence-corrected chi connectivity index (χ2v) is 7.52. The average molecular weight is 450 g/mol. The number of carbonyl (C=O) groups is 5. The zero-order valence-corrected chi connectivity index (χ0v) is 18.0. The molecule has 0 bridgehead atoms. The molecular weight excluding hydrogens is 418 g/mol. The van der Waals surface area contributed by atoms with Gasteiger partial charge in [0, 0.05) is 12.2 Å². The number of primary amides is 1. The maximum absolute atomic E-state index is 12.6. The van der Waals surface area contributed by atoms with E-state index in [4.69, 9.17) is 16.6 Å². The zero-order chi connectivity index (χ0) is 23.6. The number of hydrogen-bond acceptors (Lipinski definition) is 8. The minimum atomic E-state index is -1.44. The molecule has 9 N–H and O–H groups in total. The summed E-state index contributed by atoms with van der Waals surface area (Å²) in [6.07, 6.45) is -1.52. The van der Waals surface area contributed by atoms with Crippen molar-refractivity contribution in [3.05, 3.63) is 0 Å². The molecule has 0 spiro atoms. The summed E-state index contributed by atoms with van der Waals surface area (Å²) in [6, 6.07) is -4.97. The summed E-state index contributed by atoms with van der Waals surface area (Å²) in [4.78, 5) is 59.1. The first-order chi connectivity index (χ1) is 13.8. The Bertz CT molecular complexity index is 644. The van der Waals surface area contributed by atoms with Crippen LogP contribution in [0.1, 0.15) is 33.6 Å². The number of aliphatic hydroxyl groups excluding tert-OH is 1. The number of carboxylic acid groups (broad SMARTS) is 1. The molecule has 0 fully saturated rings. The van der Waals surface area contributed by atoms with Crippen LogP contribution in [0.5, 0.6) is 0 Å². The van der Waals surface area contributed by atoms with Gasteiger partial charge in [-0.25, -0.2) is 4.79 Å². The number of thiol groups is 1. The van der Waals surface area contributed by atoms with Crippen LogP contribution in [-0.2, 0) is 24.0 Å². The number of aliphatic carboxylic acids is 1. The minimum absolute atomic E-state index is 0.0490. The lowest BCUT2D eigenvalue weighted by Crippen LogP contribution is -2.60. The molecule has 12 nitrogen and oxygen atoms in total. The van der Waals surface area contributed by atoms with Crippen molar-refractivity contribution in [2.24, 2.45) is 17.4 Å². The Morgan fingerprint density at radius 3 is 1.83 bits per heavy atom. The van der Waals surface area contributed by atoms with Crippen LogP contribution >= 0.6 is 12.6 Å². The molecule has 0 aromatic heterocycles. The monoisotopic (exact) mass is 449 g/mol. The van der Waals surface area contributed by atoms with E-state index in [1.54, 1.807) is 13.8 Å². The number of nitrogens with two attached hydrogens (primary N) is 2. The first kappa shape index (κ1) is 27.6. The van der Waals surface area contributed by atoms with E-state index in [9.17, 15) is 29.1 Å². The van der Waals surface area contributed by atoms with Crippen LogP contribution in [0.3, 0.4) is 0 Å². The van der Waals surface area contributed by atoms with Crippen molar-refractivity contribution in [1.82, 2.24) is 16.0 Å². The molecule has 13 heteroatoms. The summed E-state index contributed by atoms with van der Waals surface area (Å²) < 4.78 is 0. The van der Waals surface area contributed by atoms with E-state index in [0.717, 1.165) is 0 Å². The Morgan fingerprint density at radius 1 is 0.933 bits per heavy atom. The van der Waals surface area contributed by atoms with Crippen molar-refractivity contribution in [2.45, 2.75) is 63.9 Å². The fourth-order valence-corrected chi connectivity index (χ4v) is 2.57. The fraction of sp³-hybridized carbons (Fsp3) is 0.706. The SMILES string of the molecule is CC(C)C(NC(=O)C(NC(=O)C(N)CCC(N)=O)C(C)O)C(=O)NC(CS)C(=O)O. The van der Waals surface area contributed by atoms with Gasteiger partial charge in [-0.1, -0.05) is 13.8 Å². The first-order valence-electron chi connectivity index (χ1n) is 9.28. The third-order valence-electron chi connectivity index (χ3n) is 4.15. The van der Waals surface area contributed by atoms with Gasteiger partial charge in [-0.15, -0.1) is 0 Å². The van der Waals surface area contributed by atoms with Crippen molar-refractivity contribution < 1.29 is 34.2 Å². The molecule has 172 valence electrons. The molecule has 4 amide bonds. The third kappa shape index (κ3) is 9.41. The van der Waals surface area contributed by atoms with Crippen LogP contribution in [0, 0.1) is 5.92 Å². The molecule has 0 aliphatic carbocycles. The van der Waals surface area contributed by atoms with Gasteiger partial charge in [-0.05, 0) is 19.3 Å². The van der Waals surface area contributed by atoms with Crippen LogP contribution < -0.4 is 27.4 Å². The predicted octanol–water partition coefficient (Wildman–Crippen LogP) is -2.92. The number of aliphatic hydroxyl groups is 1. The molecule has 0 aromatic rings. The van der Waals surface area contributed by atoms with E-state index in [1.165, 1.54) is 6.92 Å². The van der Waals surface area contributed by atoms with Gasteiger partial charge in [-0.3, -0.25) is 19.2 Å². The van der Waals surface area contributed by atoms with Crippen LogP contribution in [0.25, 0.3) is 0 Å². The summed E-state index contributed by atoms with van der Waals surface area (Å²) in [6.45, 7) is 4.50. The van der Waals surface area contributed by atoms with Gasteiger partial charge < -0.3 is 37.6 Å². The highest BCUT2D eigenvalue weighted by Crippen LogP contribution is 2.06. The average Bonchev–Trinajstić information content (AvgIpc) is 2.64. The van der Waals surface area contributed by atoms with Crippen LogP contribution in [0.2, 0.25) is 0 Å². The quantitative estimate of drug-likeness (QED) is 0.136. The smallest absolute Gasteiger partial charge is 0.327 e. The number of amides is 4. The summed E-state index contributed by atoms with van der Waals surface area (Å²) in [7, 11) is 0. The Balaban J connectivity index is 5.23. The highest BCUT2D eigenvalue weighted by Gasteiger charge is 2.33. The molecule has 0 saturated heterocycles. The molecule has 0 aliphatic heterocycles. The standard InChI is InChI=1S/C17H31N5O7S/c1-7(2)12(15(26)20-10(6-30)17(28)29)21-16(27)13(8(3)23)22-14(25)9(18)4-5-11(19)24/h7-10,12-13,23,30H,4-6,18H2,1-3H3,(H2,19,24)(H,20,26)(H,21,27)(H,22,25)(H,28,29). The van der Waals surface area contributed by atoms with Crippen molar-refractivity contribution >= 4 is 42.2 Å². The van der Waals surface area contributed by atoms with E-state index in [-0.39, 0.29) is 18.6 Å². The fourth-order valence-electron chi connectivity index (χ4n) is 2.32. The molecule has 0 aliphatic rings. The van der Waals surface area contributed by atoms with Gasteiger partial charge in [0.25, 0.3) is 0 Å². The number of rotatable bonds is 13. The van der Waals surface area contributed by atoms with Crippen molar-refractivity contribution in [2.75, 3.05) is 5.75 Å². The summed E-state index contributed by atoms with van der Waals surface area (Å²) in [5.74, 6) is -4.94. The first-order valence-corrected chi connectivity index (χ1v) is 9.91. The van der Waals surface area contributed by atoms with E-state index >= 15 is 0 Å². The highest BCUT2D eigenvalue weighted by molar-refractivity contribution is 7.80. The molecule has 0 rings (SSSR count). The van der Waals surface area contributed by atoms with Gasteiger partial charge in [-0.2, -0.15) is 12.6 Å². The van der Waals surface area contributed by atoms with Crippen LogP contribution in [-0.4, -0.2) is 75.8 Å². The molecule has 0 radical (unpaired) electrons. The third-order valence-corrected chi connectivity index (χ3v) is 4.51. The minimum Gasteiger partial charge on any atom is -0.480 e. The van der Waals surface area contributed by atoms with Crippen molar-refractivity contribution in [1.29, 1.82) is 0 Å². The van der Waals surface area contributed by atoms with E-state index in [1.807, 2.05) is 0 Å². The second-order valence-electron chi connectivity index (χ2n) is 7.15. The van der Waals surface area contributed by atoms with Gasteiger partial charge in [0.05, 0.1) is 12.1 Å². The van der Waals surface area contributed by atoms with Gasteiger partial charge in [0.15, 0.2) is 0 Å². The Hall–Kier alpha value is -2.38. The Kier molecular flexibility index (Phi) is 12.0. The number of hydrogen-bond donors (Lipinski definition) is 8.